The molecule has 1 aliphatic rings. The Hall–Kier alpha value is -1.97. The molecule has 4 nitrogen and oxygen atoms in total. The predicted molar refractivity (Wildman–Crippen MR) is 71.0 cm³/mol. The van der Waals surface area contributed by atoms with Crippen molar-refractivity contribution in [3.05, 3.63) is 36.8 Å². The molecule has 0 bridgehead atoms. The molecule has 1 rings (SSSR count). The third kappa shape index (κ3) is 2.41. The fourth-order valence-corrected chi connectivity index (χ4v) is 1.62. The average molecular weight is 231 g/mol. The van der Waals surface area contributed by atoms with Gasteiger partial charge in [0.1, 0.15) is 5.82 Å². The van der Waals surface area contributed by atoms with Crippen LogP contribution in [0.5, 0.6) is 0 Å². The first-order chi connectivity index (χ1) is 7.90. The van der Waals surface area contributed by atoms with E-state index in [1.807, 2.05) is 0 Å². The van der Waals surface area contributed by atoms with Gasteiger partial charge in [0.05, 0.1) is 11.6 Å². The van der Waals surface area contributed by atoms with E-state index in [9.17, 15) is 4.79 Å². The SMILES string of the molecule is C=C1C(=C)N(C(=C)N=C(C)C=NC)C(=O)C1C. The second-order valence-corrected chi connectivity index (χ2v) is 3.92. The monoisotopic (exact) mass is 231 g/mol. The van der Waals surface area contributed by atoms with Gasteiger partial charge in [-0.05, 0) is 19.4 Å². The van der Waals surface area contributed by atoms with Crippen molar-refractivity contribution in [1.29, 1.82) is 0 Å². The Labute approximate surface area is 102 Å². The van der Waals surface area contributed by atoms with Gasteiger partial charge in [-0.2, -0.15) is 0 Å². The number of rotatable bonds is 3. The highest BCUT2D eigenvalue weighted by molar-refractivity contribution is 6.29. The van der Waals surface area contributed by atoms with Crippen LogP contribution in [-0.4, -0.2) is 29.8 Å². The summed E-state index contributed by atoms with van der Waals surface area (Å²) in [6.45, 7) is 15.0. The summed E-state index contributed by atoms with van der Waals surface area (Å²) in [5, 5.41) is 0. The minimum Gasteiger partial charge on any atom is -0.295 e. The van der Waals surface area contributed by atoms with Crippen molar-refractivity contribution in [3.8, 4) is 0 Å². The number of carbonyl (C=O) groups excluding carboxylic acids is 1. The maximum Gasteiger partial charge on any atom is 0.240 e. The second-order valence-electron chi connectivity index (χ2n) is 3.92. The molecule has 0 spiro atoms. The highest BCUT2D eigenvalue weighted by Crippen LogP contribution is 2.33. The number of allylic oxidation sites excluding steroid dienone is 1. The Morgan fingerprint density at radius 1 is 1.47 bits per heavy atom. The molecule has 0 radical (unpaired) electrons. The van der Waals surface area contributed by atoms with Gasteiger partial charge in [-0.15, -0.1) is 0 Å². The van der Waals surface area contributed by atoms with Crippen LogP contribution in [0.25, 0.3) is 0 Å². The first-order valence-corrected chi connectivity index (χ1v) is 5.28. The van der Waals surface area contributed by atoms with Gasteiger partial charge in [0.15, 0.2) is 0 Å². The van der Waals surface area contributed by atoms with E-state index >= 15 is 0 Å². The van der Waals surface area contributed by atoms with Crippen LogP contribution < -0.4 is 0 Å². The summed E-state index contributed by atoms with van der Waals surface area (Å²) in [4.78, 5) is 21.4. The van der Waals surface area contributed by atoms with Crippen molar-refractivity contribution in [1.82, 2.24) is 4.90 Å². The van der Waals surface area contributed by atoms with Gasteiger partial charge in [-0.3, -0.25) is 14.7 Å². The molecule has 0 N–H and O–H groups in total. The largest absolute Gasteiger partial charge is 0.295 e. The number of hydrogen-bond donors (Lipinski definition) is 0. The zero-order valence-electron chi connectivity index (χ0n) is 10.5. The molecule has 1 saturated heterocycles. The molecule has 0 aromatic rings. The highest BCUT2D eigenvalue weighted by atomic mass is 16.2. The summed E-state index contributed by atoms with van der Waals surface area (Å²) < 4.78 is 0. The quantitative estimate of drug-likeness (QED) is 0.686. The molecular weight excluding hydrogens is 214 g/mol. The minimum absolute atomic E-state index is 0.0880. The van der Waals surface area contributed by atoms with Crippen molar-refractivity contribution in [3.63, 3.8) is 0 Å². The Morgan fingerprint density at radius 2 is 2.06 bits per heavy atom. The molecule has 4 heteroatoms. The highest BCUT2D eigenvalue weighted by Gasteiger charge is 2.36. The van der Waals surface area contributed by atoms with E-state index in [4.69, 9.17) is 0 Å². The van der Waals surface area contributed by atoms with E-state index in [2.05, 4.69) is 29.7 Å². The lowest BCUT2D eigenvalue weighted by atomic mass is 10.1. The summed E-state index contributed by atoms with van der Waals surface area (Å²) in [5.41, 5.74) is 1.97. The zero-order valence-corrected chi connectivity index (χ0v) is 10.5. The topological polar surface area (TPSA) is 45.0 Å². The lowest BCUT2D eigenvalue weighted by Crippen LogP contribution is -2.24. The molecule has 1 unspecified atom stereocenters. The Kier molecular flexibility index (Phi) is 3.78. The van der Waals surface area contributed by atoms with Crippen LogP contribution in [-0.2, 0) is 4.79 Å². The lowest BCUT2D eigenvalue weighted by molar-refractivity contribution is -0.127. The molecule has 0 aromatic carbocycles. The maximum absolute atomic E-state index is 11.9. The van der Waals surface area contributed by atoms with Crippen molar-refractivity contribution < 1.29 is 4.79 Å². The number of carbonyl (C=O) groups is 1. The molecule has 90 valence electrons. The van der Waals surface area contributed by atoms with Gasteiger partial charge in [0.25, 0.3) is 0 Å². The van der Waals surface area contributed by atoms with E-state index in [0.29, 0.717) is 22.8 Å². The molecule has 0 aliphatic carbocycles. The smallest absolute Gasteiger partial charge is 0.240 e. The fraction of sp³-hybridized carbons (Fsp3) is 0.308. The van der Waals surface area contributed by atoms with Gasteiger partial charge in [0, 0.05) is 19.0 Å². The normalized spacial score (nSPS) is 21.8. The molecule has 1 amide bonds. The van der Waals surface area contributed by atoms with Crippen molar-refractivity contribution >= 4 is 17.8 Å². The number of hydrogen-bond acceptors (Lipinski definition) is 3. The van der Waals surface area contributed by atoms with Gasteiger partial charge in [0.2, 0.25) is 5.91 Å². The van der Waals surface area contributed by atoms with E-state index in [1.54, 1.807) is 27.1 Å². The Morgan fingerprint density at radius 3 is 2.47 bits per heavy atom. The van der Waals surface area contributed by atoms with Crippen LogP contribution in [0, 0.1) is 5.92 Å². The van der Waals surface area contributed by atoms with Crippen LogP contribution in [0.4, 0.5) is 0 Å². The fourth-order valence-electron chi connectivity index (χ4n) is 1.62. The molecule has 1 atom stereocenters. The summed E-state index contributed by atoms with van der Waals surface area (Å²) in [7, 11) is 1.66. The summed E-state index contributed by atoms with van der Waals surface area (Å²) in [6.07, 6.45) is 1.60. The first kappa shape index (κ1) is 13.1. The summed E-state index contributed by atoms with van der Waals surface area (Å²) >= 11 is 0. The average Bonchev–Trinajstić information content (AvgIpc) is 2.43. The lowest BCUT2D eigenvalue weighted by Gasteiger charge is -2.16. The third-order valence-electron chi connectivity index (χ3n) is 2.63. The summed E-state index contributed by atoms with van der Waals surface area (Å²) in [6, 6.07) is 0. The number of amides is 1. The first-order valence-electron chi connectivity index (χ1n) is 5.28. The predicted octanol–water partition coefficient (Wildman–Crippen LogP) is 2.17. The van der Waals surface area contributed by atoms with Crippen LogP contribution in [0.3, 0.4) is 0 Å². The number of likely N-dealkylation sites (tertiary alicyclic amines) is 1. The Balaban J connectivity index is 2.99. The van der Waals surface area contributed by atoms with Gasteiger partial charge < -0.3 is 0 Å². The van der Waals surface area contributed by atoms with Crippen molar-refractivity contribution in [2.24, 2.45) is 15.9 Å². The minimum atomic E-state index is -0.255. The second kappa shape index (κ2) is 4.91. The van der Waals surface area contributed by atoms with E-state index in [-0.39, 0.29) is 11.8 Å². The van der Waals surface area contributed by atoms with Crippen LogP contribution in [0.2, 0.25) is 0 Å². The maximum atomic E-state index is 11.9. The van der Waals surface area contributed by atoms with Gasteiger partial charge in [-0.25, -0.2) is 4.99 Å². The summed E-state index contributed by atoms with van der Waals surface area (Å²) in [5.74, 6) is 0.00693. The number of aliphatic imine (C=N–C) groups is 2. The molecule has 0 saturated carbocycles. The van der Waals surface area contributed by atoms with E-state index in [0.717, 1.165) is 0 Å². The standard InChI is InChI=1S/C13H17N3O/c1-8(7-14-6)15-12(5)16-11(4)9(2)10(3)13(16)17/h7,10H,2,4-5H2,1,3,6H3. The Bertz CT molecular complexity index is 457. The van der Waals surface area contributed by atoms with Crippen molar-refractivity contribution in [2.75, 3.05) is 7.05 Å². The van der Waals surface area contributed by atoms with Gasteiger partial charge in [-0.1, -0.05) is 19.7 Å². The molecule has 0 aromatic heterocycles. The molecule has 1 fully saturated rings. The van der Waals surface area contributed by atoms with Gasteiger partial charge >= 0.3 is 0 Å². The number of nitrogens with zero attached hydrogens (tertiary/aromatic N) is 3. The molecular formula is C13H17N3O. The van der Waals surface area contributed by atoms with Crippen LogP contribution in [0.15, 0.2) is 46.8 Å². The van der Waals surface area contributed by atoms with E-state index < -0.39 is 0 Å². The molecule has 1 aliphatic heterocycles. The third-order valence-corrected chi connectivity index (χ3v) is 2.63. The van der Waals surface area contributed by atoms with Crippen molar-refractivity contribution in [2.45, 2.75) is 13.8 Å². The molecule has 17 heavy (non-hydrogen) atoms. The van der Waals surface area contributed by atoms with Crippen LogP contribution in [0.1, 0.15) is 13.8 Å². The molecule has 1 heterocycles. The van der Waals surface area contributed by atoms with E-state index in [1.165, 1.54) is 4.90 Å². The van der Waals surface area contributed by atoms with Crippen LogP contribution >= 0.6 is 0 Å². The zero-order chi connectivity index (χ0) is 13.2.